The molecule has 0 bridgehead atoms. The predicted molar refractivity (Wildman–Crippen MR) is 76.5 cm³/mol. The van der Waals surface area contributed by atoms with Crippen molar-refractivity contribution in [2.45, 2.75) is 39.8 Å². The maximum atomic E-state index is 6.13. The highest BCUT2D eigenvalue weighted by Gasteiger charge is 2.42. The summed E-state index contributed by atoms with van der Waals surface area (Å²) in [5.74, 6) is 0. The van der Waals surface area contributed by atoms with Crippen LogP contribution in [0.2, 0.25) is 13.1 Å². The number of hydrogen-bond donors (Lipinski definition) is 0. The van der Waals surface area contributed by atoms with Crippen molar-refractivity contribution < 1.29 is 18.3 Å². The molecule has 2 rings (SSSR count). The molecule has 0 aromatic carbocycles. The quantitative estimate of drug-likeness (QED) is 0.643. The zero-order valence-corrected chi connectivity index (χ0v) is 13.8. The summed E-state index contributed by atoms with van der Waals surface area (Å²) < 4.78 is 22.9. The van der Waals surface area contributed by atoms with Gasteiger partial charge in [-0.1, -0.05) is 13.8 Å². The largest absolute Gasteiger partial charge is 0.394 e. The predicted octanol–water partition coefficient (Wildman–Crippen LogP) is 2.57. The lowest BCUT2D eigenvalue weighted by Gasteiger charge is -2.44. The molecule has 0 saturated carbocycles. The molecule has 2 aliphatic heterocycles. The van der Waals surface area contributed by atoms with Gasteiger partial charge in [0.05, 0.1) is 26.4 Å². The molecule has 2 aliphatic rings. The second-order valence-corrected chi connectivity index (χ2v) is 10.0. The first-order valence-electron chi connectivity index (χ1n) is 7.38. The molecule has 5 heteroatoms. The Morgan fingerprint density at radius 3 is 1.42 bits per heavy atom. The van der Waals surface area contributed by atoms with Crippen LogP contribution >= 0.6 is 0 Å². The molecule has 112 valence electrons. The Morgan fingerprint density at radius 2 is 1.21 bits per heavy atom. The summed E-state index contributed by atoms with van der Waals surface area (Å²) in [6.45, 7) is 13.6. The molecule has 2 fully saturated rings. The van der Waals surface area contributed by atoms with Gasteiger partial charge in [-0.15, -0.1) is 0 Å². The van der Waals surface area contributed by atoms with Crippen LogP contribution in [0.25, 0.3) is 0 Å². The van der Waals surface area contributed by atoms with Crippen molar-refractivity contribution in [1.82, 2.24) is 0 Å². The van der Waals surface area contributed by atoms with Gasteiger partial charge >= 0.3 is 8.56 Å². The van der Waals surface area contributed by atoms with E-state index in [-0.39, 0.29) is 10.8 Å². The van der Waals surface area contributed by atoms with E-state index in [1.165, 1.54) is 0 Å². The minimum atomic E-state index is -2.03. The average Bonchev–Trinajstić information content (AvgIpc) is 2.27. The Morgan fingerprint density at radius 1 is 0.842 bits per heavy atom. The lowest BCUT2D eigenvalue weighted by molar-refractivity contribution is -0.147. The molecule has 0 atom stereocenters. The third kappa shape index (κ3) is 3.58. The summed E-state index contributed by atoms with van der Waals surface area (Å²) in [4.78, 5) is 0. The normalized spacial score (nSPS) is 24.6. The van der Waals surface area contributed by atoms with Crippen molar-refractivity contribution in [1.29, 1.82) is 0 Å². The molecular formula is C14H28O4Si. The van der Waals surface area contributed by atoms with Gasteiger partial charge in [0.2, 0.25) is 0 Å². The second kappa shape index (κ2) is 5.82. The highest BCUT2D eigenvalue weighted by atomic mass is 28.4. The lowest BCUT2D eigenvalue weighted by atomic mass is 9.84. The van der Waals surface area contributed by atoms with Gasteiger partial charge in [0.1, 0.15) is 0 Å². The fraction of sp³-hybridized carbons (Fsp3) is 1.00. The summed E-state index contributed by atoms with van der Waals surface area (Å²) in [5.41, 5.74) is 0.491. The molecule has 4 nitrogen and oxygen atoms in total. The SMILES string of the molecule is CCC1(CO[Si](C)(C)OCC2(CC)COC2)COC1. The first-order chi connectivity index (χ1) is 8.95. The fourth-order valence-corrected chi connectivity index (χ4v) is 3.65. The molecule has 0 aromatic rings. The van der Waals surface area contributed by atoms with E-state index in [2.05, 4.69) is 26.9 Å². The van der Waals surface area contributed by atoms with Gasteiger partial charge in [-0.05, 0) is 25.9 Å². The molecule has 0 N–H and O–H groups in total. The Labute approximate surface area is 118 Å². The average molecular weight is 288 g/mol. The third-order valence-corrected chi connectivity index (χ3v) is 6.26. The van der Waals surface area contributed by atoms with E-state index in [9.17, 15) is 0 Å². The van der Waals surface area contributed by atoms with Crippen molar-refractivity contribution >= 4 is 8.56 Å². The number of ether oxygens (including phenoxy) is 2. The van der Waals surface area contributed by atoms with Crippen molar-refractivity contribution in [2.75, 3.05) is 39.6 Å². The Kier molecular flexibility index (Phi) is 4.73. The number of hydrogen-bond acceptors (Lipinski definition) is 4. The van der Waals surface area contributed by atoms with Crippen LogP contribution < -0.4 is 0 Å². The summed E-state index contributed by atoms with van der Waals surface area (Å²) in [7, 11) is -2.03. The van der Waals surface area contributed by atoms with Gasteiger partial charge in [0.25, 0.3) is 0 Å². The Balaban J connectivity index is 1.75. The molecule has 2 saturated heterocycles. The zero-order valence-electron chi connectivity index (χ0n) is 12.8. The van der Waals surface area contributed by atoms with Crippen LogP contribution in [0.15, 0.2) is 0 Å². The fourth-order valence-electron chi connectivity index (χ4n) is 2.26. The third-order valence-electron chi connectivity index (χ3n) is 4.58. The van der Waals surface area contributed by atoms with E-state index < -0.39 is 8.56 Å². The van der Waals surface area contributed by atoms with Gasteiger partial charge in [-0.3, -0.25) is 0 Å². The van der Waals surface area contributed by atoms with Crippen LogP contribution in [0.1, 0.15) is 26.7 Å². The van der Waals surface area contributed by atoms with E-state index in [0.29, 0.717) is 0 Å². The molecular weight excluding hydrogens is 260 g/mol. The van der Waals surface area contributed by atoms with Crippen molar-refractivity contribution in [3.05, 3.63) is 0 Å². The van der Waals surface area contributed by atoms with Crippen LogP contribution in [-0.4, -0.2) is 48.2 Å². The Bertz CT molecular complexity index is 259. The first-order valence-corrected chi connectivity index (χ1v) is 10.2. The van der Waals surface area contributed by atoms with Crippen LogP contribution in [0, 0.1) is 10.8 Å². The van der Waals surface area contributed by atoms with Gasteiger partial charge in [0, 0.05) is 24.0 Å². The van der Waals surface area contributed by atoms with Crippen LogP contribution in [0.4, 0.5) is 0 Å². The van der Waals surface area contributed by atoms with E-state index in [4.69, 9.17) is 18.3 Å². The minimum Gasteiger partial charge on any atom is -0.394 e. The maximum absolute atomic E-state index is 6.13. The molecule has 19 heavy (non-hydrogen) atoms. The maximum Gasteiger partial charge on any atom is 0.331 e. The van der Waals surface area contributed by atoms with Crippen molar-refractivity contribution in [2.24, 2.45) is 10.8 Å². The van der Waals surface area contributed by atoms with Crippen LogP contribution in [0.3, 0.4) is 0 Å². The second-order valence-electron chi connectivity index (χ2n) is 6.67. The molecule has 0 aromatic heterocycles. The Hall–Kier alpha value is 0.0569. The van der Waals surface area contributed by atoms with Crippen molar-refractivity contribution in [3.8, 4) is 0 Å². The van der Waals surface area contributed by atoms with Crippen molar-refractivity contribution in [3.63, 3.8) is 0 Å². The van der Waals surface area contributed by atoms with Gasteiger partial charge in [-0.2, -0.15) is 0 Å². The minimum absolute atomic E-state index is 0.246. The van der Waals surface area contributed by atoms with Crippen LogP contribution in [0.5, 0.6) is 0 Å². The van der Waals surface area contributed by atoms with Gasteiger partial charge in [-0.25, -0.2) is 0 Å². The molecule has 2 heterocycles. The molecule has 0 aliphatic carbocycles. The van der Waals surface area contributed by atoms with Gasteiger partial charge in [0.15, 0.2) is 0 Å². The van der Waals surface area contributed by atoms with E-state index in [0.717, 1.165) is 52.5 Å². The standard InChI is InChI=1S/C14H28O4Si/c1-5-13(7-15-8-13)11-17-19(3,4)18-12-14(6-2)9-16-10-14/h5-12H2,1-4H3. The highest BCUT2D eigenvalue weighted by Crippen LogP contribution is 2.34. The summed E-state index contributed by atoms with van der Waals surface area (Å²) in [6, 6.07) is 0. The zero-order chi connectivity index (χ0) is 14.0. The molecule has 0 radical (unpaired) electrons. The van der Waals surface area contributed by atoms with E-state index in [1.807, 2.05) is 0 Å². The summed E-state index contributed by atoms with van der Waals surface area (Å²) in [5, 5.41) is 0. The van der Waals surface area contributed by atoms with Gasteiger partial charge < -0.3 is 18.3 Å². The molecule has 0 unspecified atom stereocenters. The highest BCUT2D eigenvalue weighted by molar-refractivity contribution is 6.64. The summed E-state index contributed by atoms with van der Waals surface area (Å²) >= 11 is 0. The summed E-state index contributed by atoms with van der Waals surface area (Å²) in [6.07, 6.45) is 2.23. The van der Waals surface area contributed by atoms with E-state index in [1.54, 1.807) is 0 Å². The topological polar surface area (TPSA) is 36.9 Å². The lowest BCUT2D eigenvalue weighted by Crippen LogP contribution is -2.52. The van der Waals surface area contributed by atoms with E-state index >= 15 is 0 Å². The molecule has 0 amide bonds. The number of rotatable bonds is 8. The molecule has 0 spiro atoms. The first kappa shape index (κ1) is 15.4. The van der Waals surface area contributed by atoms with Crippen LogP contribution in [-0.2, 0) is 18.3 Å². The monoisotopic (exact) mass is 288 g/mol. The smallest absolute Gasteiger partial charge is 0.331 e.